The van der Waals surface area contributed by atoms with Gasteiger partial charge in [0.15, 0.2) is 5.82 Å². The van der Waals surface area contributed by atoms with Crippen LogP contribution in [0.3, 0.4) is 0 Å². The van der Waals surface area contributed by atoms with Gasteiger partial charge in [-0.2, -0.15) is 0 Å². The van der Waals surface area contributed by atoms with Crippen molar-refractivity contribution in [2.45, 2.75) is 0 Å². The smallest absolute Gasteiger partial charge is 0.161 e. The predicted molar refractivity (Wildman–Crippen MR) is 149 cm³/mol. The molecule has 7 rings (SSSR count). The van der Waals surface area contributed by atoms with Crippen molar-refractivity contribution in [1.82, 2.24) is 9.97 Å². The molecule has 164 valence electrons. The van der Waals surface area contributed by atoms with E-state index in [0.29, 0.717) is 0 Å². The van der Waals surface area contributed by atoms with Crippen LogP contribution in [0.25, 0.3) is 64.8 Å². The van der Waals surface area contributed by atoms with Gasteiger partial charge in [-0.25, -0.2) is 9.97 Å². The minimum Gasteiger partial charge on any atom is -0.228 e. The van der Waals surface area contributed by atoms with Gasteiger partial charge >= 0.3 is 0 Å². The van der Waals surface area contributed by atoms with Crippen molar-refractivity contribution in [3.8, 4) is 33.8 Å². The van der Waals surface area contributed by atoms with E-state index in [4.69, 9.17) is 9.97 Å². The van der Waals surface area contributed by atoms with Crippen molar-refractivity contribution in [2.24, 2.45) is 0 Å². The van der Waals surface area contributed by atoms with E-state index in [1.807, 2.05) is 23.5 Å². The maximum Gasteiger partial charge on any atom is 0.161 e. The Morgan fingerprint density at radius 2 is 1.11 bits per heavy atom. The summed E-state index contributed by atoms with van der Waals surface area (Å²) in [6.07, 6.45) is 0. The highest BCUT2D eigenvalue weighted by Crippen LogP contribution is 2.41. The topological polar surface area (TPSA) is 25.8 Å². The molecule has 0 saturated heterocycles. The number of rotatable bonds is 3. The molecule has 0 unspecified atom stereocenters. The van der Waals surface area contributed by atoms with Gasteiger partial charge in [0, 0.05) is 36.7 Å². The summed E-state index contributed by atoms with van der Waals surface area (Å²) >= 11 is 1.83. The van der Waals surface area contributed by atoms with E-state index in [-0.39, 0.29) is 0 Å². The molecule has 0 amide bonds. The summed E-state index contributed by atoms with van der Waals surface area (Å²) in [4.78, 5) is 10.3. The lowest BCUT2D eigenvalue weighted by molar-refractivity contribution is 1.23. The third kappa shape index (κ3) is 3.32. The van der Waals surface area contributed by atoms with Gasteiger partial charge in [-0.1, -0.05) is 103 Å². The summed E-state index contributed by atoms with van der Waals surface area (Å²) in [5.41, 5.74) is 6.40. The van der Waals surface area contributed by atoms with Crippen molar-refractivity contribution in [2.75, 3.05) is 0 Å². The van der Waals surface area contributed by atoms with Crippen LogP contribution in [0, 0.1) is 0 Å². The Balaban J connectivity index is 1.55. The third-order valence-corrected chi connectivity index (χ3v) is 7.65. The first kappa shape index (κ1) is 20.1. The molecule has 3 heteroatoms. The summed E-state index contributed by atoms with van der Waals surface area (Å²) in [7, 11) is 0. The zero-order valence-corrected chi connectivity index (χ0v) is 19.7. The maximum absolute atomic E-state index is 5.26. The summed E-state index contributed by atoms with van der Waals surface area (Å²) in [6.45, 7) is 0. The Kier molecular flexibility index (Phi) is 4.68. The molecule has 0 aliphatic heterocycles. The molecular formula is C32H20N2S. The SMILES string of the molecule is c1ccc(-c2ccccc2-c2nc(-c3cccc4sc5ccccc5c34)c3ccccc3n2)cc1. The number of para-hydroxylation sites is 1. The van der Waals surface area contributed by atoms with Crippen molar-refractivity contribution >= 4 is 42.4 Å². The molecule has 7 aromatic rings. The van der Waals surface area contributed by atoms with Gasteiger partial charge in [-0.3, -0.25) is 0 Å². The van der Waals surface area contributed by atoms with E-state index < -0.39 is 0 Å². The van der Waals surface area contributed by atoms with E-state index in [1.54, 1.807) is 0 Å². The highest BCUT2D eigenvalue weighted by molar-refractivity contribution is 7.25. The molecule has 35 heavy (non-hydrogen) atoms. The Bertz CT molecular complexity index is 1850. The normalized spacial score (nSPS) is 11.4. The van der Waals surface area contributed by atoms with Gasteiger partial charge in [0.2, 0.25) is 0 Å². The zero-order chi connectivity index (χ0) is 23.2. The zero-order valence-electron chi connectivity index (χ0n) is 18.8. The molecular weight excluding hydrogens is 444 g/mol. The molecule has 5 aromatic carbocycles. The first-order valence-electron chi connectivity index (χ1n) is 11.7. The predicted octanol–water partition coefficient (Wildman–Crippen LogP) is 9.00. The van der Waals surface area contributed by atoms with Crippen molar-refractivity contribution in [1.29, 1.82) is 0 Å². The van der Waals surface area contributed by atoms with Gasteiger partial charge < -0.3 is 0 Å². The molecule has 0 spiro atoms. The minimum atomic E-state index is 0.745. The van der Waals surface area contributed by atoms with Crippen LogP contribution in [0.2, 0.25) is 0 Å². The Morgan fingerprint density at radius 1 is 0.457 bits per heavy atom. The van der Waals surface area contributed by atoms with Crippen molar-refractivity contribution < 1.29 is 0 Å². The highest BCUT2D eigenvalue weighted by atomic mass is 32.1. The summed E-state index contributed by atoms with van der Waals surface area (Å²) < 4.78 is 2.57. The van der Waals surface area contributed by atoms with Crippen LogP contribution in [0.5, 0.6) is 0 Å². The van der Waals surface area contributed by atoms with Gasteiger partial charge in [-0.05, 0) is 29.3 Å². The first-order valence-corrected chi connectivity index (χ1v) is 12.5. The highest BCUT2D eigenvalue weighted by Gasteiger charge is 2.17. The van der Waals surface area contributed by atoms with Crippen LogP contribution >= 0.6 is 11.3 Å². The molecule has 0 N–H and O–H groups in total. The second-order valence-electron chi connectivity index (χ2n) is 8.60. The van der Waals surface area contributed by atoms with Crippen LogP contribution in [-0.4, -0.2) is 9.97 Å². The molecule has 2 aromatic heterocycles. The van der Waals surface area contributed by atoms with Gasteiger partial charge in [0.1, 0.15) is 0 Å². The fraction of sp³-hybridized carbons (Fsp3) is 0. The lowest BCUT2D eigenvalue weighted by atomic mass is 9.97. The maximum atomic E-state index is 5.26. The number of hydrogen-bond acceptors (Lipinski definition) is 3. The quantitative estimate of drug-likeness (QED) is 0.261. The largest absolute Gasteiger partial charge is 0.228 e. The monoisotopic (exact) mass is 464 g/mol. The Labute approximate surface area is 207 Å². The molecule has 0 bridgehead atoms. The molecule has 0 radical (unpaired) electrons. The minimum absolute atomic E-state index is 0.745. The third-order valence-electron chi connectivity index (χ3n) is 6.51. The number of thiophene rings is 1. The van der Waals surface area contributed by atoms with E-state index >= 15 is 0 Å². The number of benzene rings is 5. The Hall–Kier alpha value is -4.34. The van der Waals surface area contributed by atoms with Gasteiger partial charge in [0.25, 0.3) is 0 Å². The molecule has 0 atom stereocenters. The van der Waals surface area contributed by atoms with E-state index in [9.17, 15) is 0 Å². The van der Waals surface area contributed by atoms with Gasteiger partial charge in [0.05, 0.1) is 11.2 Å². The van der Waals surface area contributed by atoms with Crippen LogP contribution in [-0.2, 0) is 0 Å². The lowest BCUT2D eigenvalue weighted by Gasteiger charge is -2.13. The van der Waals surface area contributed by atoms with Crippen molar-refractivity contribution in [3.05, 3.63) is 121 Å². The summed E-state index contributed by atoms with van der Waals surface area (Å²) in [5.74, 6) is 0.745. The number of hydrogen-bond donors (Lipinski definition) is 0. The van der Waals surface area contributed by atoms with Crippen LogP contribution < -0.4 is 0 Å². The molecule has 0 aliphatic rings. The second-order valence-corrected chi connectivity index (χ2v) is 9.69. The molecule has 2 nitrogen and oxygen atoms in total. The van der Waals surface area contributed by atoms with E-state index in [2.05, 4.69) is 109 Å². The standard InChI is InChI=1S/C32H20N2S/c1-2-11-21(12-3-1)22-13-4-5-14-23(22)32-33-27-18-8-6-15-24(27)31(34-32)26-17-10-20-29-30(26)25-16-7-9-19-28(25)35-29/h1-20H. The molecule has 0 fully saturated rings. The summed E-state index contributed by atoms with van der Waals surface area (Å²) in [5, 5.41) is 3.60. The van der Waals surface area contributed by atoms with Crippen LogP contribution in [0.15, 0.2) is 121 Å². The van der Waals surface area contributed by atoms with Crippen LogP contribution in [0.1, 0.15) is 0 Å². The first-order chi connectivity index (χ1) is 17.4. The number of aromatic nitrogens is 2. The fourth-order valence-corrected chi connectivity index (χ4v) is 6.05. The second kappa shape index (κ2) is 8.15. The number of fused-ring (bicyclic) bond motifs is 4. The van der Waals surface area contributed by atoms with Crippen LogP contribution in [0.4, 0.5) is 0 Å². The fourth-order valence-electron chi connectivity index (χ4n) is 4.92. The average molecular weight is 465 g/mol. The van der Waals surface area contributed by atoms with Gasteiger partial charge in [-0.15, -0.1) is 11.3 Å². The molecule has 2 heterocycles. The lowest BCUT2D eigenvalue weighted by Crippen LogP contribution is -1.97. The summed E-state index contributed by atoms with van der Waals surface area (Å²) in [6, 6.07) is 42.4. The molecule has 0 aliphatic carbocycles. The average Bonchev–Trinajstić information content (AvgIpc) is 3.32. The van der Waals surface area contributed by atoms with E-state index in [1.165, 1.54) is 20.2 Å². The van der Waals surface area contributed by atoms with Crippen molar-refractivity contribution in [3.63, 3.8) is 0 Å². The number of nitrogens with zero attached hydrogens (tertiary/aromatic N) is 2. The Morgan fingerprint density at radius 3 is 2.00 bits per heavy atom. The molecule has 0 saturated carbocycles. The van der Waals surface area contributed by atoms with E-state index in [0.717, 1.165) is 44.7 Å².